The number of carbonyl (C=O) groups excluding carboxylic acids is 1. The van der Waals surface area contributed by atoms with Gasteiger partial charge in [0.15, 0.2) is 5.69 Å². The van der Waals surface area contributed by atoms with E-state index in [-0.39, 0.29) is 17.0 Å². The summed E-state index contributed by atoms with van der Waals surface area (Å²) in [6.45, 7) is 1.28. The predicted octanol–water partition coefficient (Wildman–Crippen LogP) is 0.944. The molecule has 1 amide bonds. The van der Waals surface area contributed by atoms with Gasteiger partial charge in [0.1, 0.15) is 5.02 Å². The van der Waals surface area contributed by atoms with Crippen LogP contribution >= 0.6 is 23.4 Å². The highest BCUT2D eigenvalue weighted by atomic mass is 35.5. The SMILES string of the molecule is O=C(NC1CCN(c2cn[nH]c(=O)c2Cl)C1)c1n[nH]c2c1CCSC2. The van der Waals surface area contributed by atoms with Gasteiger partial charge in [-0.1, -0.05) is 11.6 Å². The maximum atomic E-state index is 12.6. The van der Waals surface area contributed by atoms with Gasteiger partial charge in [0.05, 0.1) is 11.9 Å². The van der Waals surface area contributed by atoms with Gasteiger partial charge >= 0.3 is 0 Å². The molecule has 2 aliphatic rings. The lowest BCUT2D eigenvalue weighted by Gasteiger charge is -2.19. The molecule has 4 rings (SSSR count). The van der Waals surface area contributed by atoms with Crippen LogP contribution < -0.4 is 15.8 Å². The first-order valence-corrected chi connectivity index (χ1v) is 9.59. The largest absolute Gasteiger partial charge is 0.367 e. The van der Waals surface area contributed by atoms with Crippen LogP contribution in [-0.4, -0.2) is 51.2 Å². The number of hydrogen-bond donors (Lipinski definition) is 3. The van der Waals surface area contributed by atoms with Crippen molar-refractivity contribution in [2.45, 2.75) is 24.6 Å². The first kappa shape index (κ1) is 16.5. The second-order valence-corrected chi connectivity index (χ2v) is 7.62. The van der Waals surface area contributed by atoms with Crippen LogP contribution in [0.15, 0.2) is 11.0 Å². The van der Waals surface area contributed by atoms with Crippen LogP contribution in [0.4, 0.5) is 5.69 Å². The fraction of sp³-hybridized carbons (Fsp3) is 0.467. The molecule has 25 heavy (non-hydrogen) atoms. The highest BCUT2D eigenvalue weighted by Crippen LogP contribution is 2.26. The molecule has 1 saturated heterocycles. The summed E-state index contributed by atoms with van der Waals surface area (Å²) >= 11 is 7.90. The molecule has 0 spiro atoms. The van der Waals surface area contributed by atoms with Crippen molar-refractivity contribution >= 4 is 35.0 Å². The highest BCUT2D eigenvalue weighted by Gasteiger charge is 2.29. The summed E-state index contributed by atoms with van der Waals surface area (Å²) in [5.41, 5.74) is 2.78. The van der Waals surface area contributed by atoms with Crippen molar-refractivity contribution in [1.29, 1.82) is 0 Å². The predicted molar refractivity (Wildman–Crippen MR) is 96.4 cm³/mol. The van der Waals surface area contributed by atoms with Crippen molar-refractivity contribution in [2.24, 2.45) is 0 Å². The molecule has 4 heterocycles. The molecule has 2 aromatic heterocycles. The third-order valence-electron chi connectivity index (χ3n) is 4.55. The van der Waals surface area contributed by atoms with Gasteiger partial charge in [0, 0.05) is 36.1 Å². The Labute approximate surface area is 152 Å². The van der Waals surface area contributed by atoms with Gasteiger partial charge in [-0.05, 0) is 18.6 Å². The van der Waals surface area contributed by atoms with Gasteiger partial charge in [0.25, 0.3) is 11.5 Å². The molecule has 2 aromatic rings. The Morgan fingerprint density at radius 2 is 2.32 bits per heavy atom. The van der Waals surface area contributed by atoms with E-state index in [0.29, 0.717) is 24.5 Å². The van der Waals surface area contributed by atoms with Gasteiger partial charge < -0.3 is 10.2 Å². The van der Waals surface area contributed by atoms with E-state index in [9.17, 15) is 9.59 Å². The van der Waals surface area contributed by atoms with Gasteiger partial charge in [-0.25, -0.2) is 5.10 Å². The first-order chi connectivity index (χ1) is 12.1. The molecule has 132 valence electrons. The van der Waals surface area contributed by atoms with Crippen LogP contribution in [0.2, 0.25) is 5.02 Å². The molecule has 2 aliphatic heterocycles. The average molecular weight is 381 g/mol. The third-order valence-corrected chi connectivity index (χ3v) is 5.90. The van der Waals surface area contributed by atoms with Crippen LogP contribution in [0.25, 0.3) is 0 Å². The maximum absolute atomic E-state index is 12.6. The molecule has 1 unspecified atom stereocenters. The molecule has 10 heteroatoms. The molecule has 1 atom stereocenters. The smallest absolute Gasteiger partial charge is 0.285 e. The summed E-state index contributed by atoms with van der Waals surface area (Å²) in [4.78, 5) is 26.1. The van der Waals surface area contributed by atoms with Crippen LogP contribution in [0, 0.1) is 0 Å². The van der Waals surface area contributed by atoms with Gasteiger partial charge in [-0.3, -0.25) is 14.7 Å². The van der Waals surface area contributed by atoms with Crippen LogP contribution in [0.1, 0.15) is 28.2 Å². The Hall–Kier alpha value is -2.00. The summed E-state index contributed by atoms with van der Waals surface area (Å²) in [6.07, 6.45) is 3.18. The quantitative estimate of drug-likeness (QED) is 0.731. The number of aromatic amines is 2. The number of thioether (sulfide) groups is 1. The van der Waals surface area contributed by atoms with E-state index < -0.39 is 5.56 Å². The molecular weight excluding hydrogens is 364 g/mol. The first-order valence-electron chi connectivity index (χ1n) is 8.06. The third kappa shape index (κ3) is 3.13. The highest BCUT2D eigenvalue weighted by molar-refractivity contribution is 7.98. The number of rotatable bonds is 3. The lowest BCUT2D eigenvalue weighted by atomic mass is 10.1. The average Bonchev–Trinajstić information content (AvgIpc) is 3.24. The maximum Gasteiger partial charge on any atom is 0.285 e. The Morgan fingerprint density at radius 1 is 1.44 bits per heavy atom. The van der Waals surface area contributed by atoms with Crippen molar-refractivity contribution in [1.82, 2.24) is 25.7 Å². The minimum absolute atomic E-state index is 0.0202. The van der Waals surface area contributed by atoms with Crippen molar-refractivity contribution in [3.05, 3.63) is 38.5 Å². The molecule has 8 nitrogen and oxygen atoms in total. The fourth-order valence-corrected chi connectivity index (χ4v) is 4.42. The molecule has 1 fully saturated rings. The standard InChI is InChI=1S/C15H17ClN6O2S/c16-12-11(5-17-21-14(12)23)22-3-1-8(6-22)18-15(24)13-9-2-4-25-7-10(9)19-20-13/h5,8H,1-4,6-7H2,(H,18,24)(H,19,20)(H,21,23). The van der Waals surface area contributed by atoms with Crippen LogP contribution in [0.5, 0.6) is 0 Å². The molecule has 0 radical (unpaired) electrons. The molecule has 0 aromatic carbocycles. The Balaban J connectivity index is 1.44. The number of aromatic nitrogens is 4. The second-order valence-electron chi connectivity index (χ2n) is 6.14. The Morgan fingerprint density at radius 3 is 3.20 bits per heavy atom. The fourth-order valence-electron chi connectivity index (χ4n) is 3.27. The van der Waals surface area contributed by atoms with Gasteiger partial charge in [0.2, 0.25) is 0 Å². The lowest BCUT2D eigenvalue weighted by Crippen LogP contribution is -2.38. The second kappa shape index (κ2) is 6.72. The number of fused-ring (bicyclic) bond motifs is 1. The van der Waals surface area contributed by atoms with Crippen molar-refractivity contribution in [3.63, 3.8) is 0 Å². The van der Waals surface area contributed by atoms with Crippen molar-refractivity contribution in [3.8, 4) is 0 Å². The van der Waals surface area contributed by atoms with E-state index >= 15 is 0 Å². The van der Waals surface area contributed by atoms with Crippen LogP contribution in [-0.2, 0) is 12.2 Å². The zero-order chi connectivity index (χ0) is 17.4. The minimum Gasteiger partial charge on any atom is -0.367 e. The number of nitrogens with one attached hydrogen (secondary N) is 3. The molecule has 0 aliphatic carbocycles. The molecule has 0 saturated carbocycles. The summed E-state index contributed by atoms with van der Waals surface area (Å²) in [7, 11) is 0. The molecule has 3 N–H and O–H groups in total. The lowest BCUT2D eigenvalue weighted by molar-refractivity contribution is 0.0934. The summed E-state index contributed by atoms with van der Waals surface area (Å²) in [5.74, 6) is 1.74. The zero-order valence-corrected chi connectivity index (χ0v) is 14.9. The van der Waals surface area contributed by atoms with Crippen molar-refractivity contribution < 1.29 is 4.79 Å². The summed E-state index contributed by atoms with van der Waals surface area (Å²) in [5, 5.41) is 16.5. The normalized spacial score (nSPS) is 19.7. The monoisotopic (exact) mass is 380 g/mol. The van der Waals surface area contributed by atoms with Crippen LogP contribution in [0.3, 0.4) is 0 Å². The molecule has 0 bridgehead atoms. The summed E-state index contributed by atoms with van der Waals surface area (Å²) < 4.78 is 0. The zero-order valence-electron chi connectivity index (χ0n) is 13.3. The van der Waals surface area contributed by atoms with E-state index in [1.165, 1.54) is 6.20 Å². The molecular formula is C15H17ClN6O2S. The number of H-pyrrole nitrogens is 2. The summed E-state index contributed by atoms with van der Waals surface area (Å²) in [6, 6.07) is -0.0202. The number of hydrogen-bond acceptors (Lipinski definition) is 6. The van der Waals surface area contributed by atoms with Gasteiger partial charge in [-0.15, -0.1) is 0 Å². The van der Waals surface area contributed by atoms with E-state index in [1.54, 1.807) is 0 Å². The number of halogens is 1. The van der Waals surface area contributed by atoms with E-state index in [0.717, 1.165) is 35.6 Å². The minimum atomic E-state index is -0.410. The Bertz CT molecular complexity index is 866. The number of amides is 1. The number of nitrogens with zero attached hydrogens (tertiary/aromatic N) is 3. The number of anilines is 1. The Kier molecular flexibility index (Phi) is 4.43. The number of carbonyl (C=O) groups is 1. The van der Waals surface area contributed by atoms with E-state index in [2.05, 4.69) is 25.7 Å². The van der Waals surface area contributed by atoms with E-state index in [4.69, 9.17) is 11.6 Å². The van der Waals surface area contributed by atoms with Gasteiger partial charge in [-0.2, -0.15) is 22.0 Å². The topological polar surface area (TPSA) is 107 Å². The van der Waals surface area contributed by atoms with E-state index in [1.807, 2.05) is 16.7 Å². The van der Waals surface area contributed by atoms with Crippen molar-refractivity contribution in [2.75, 3.05) is 23.7 Å².